The van der Waals surface area contributed by atoms with Crippen molar-refractivity contribution in [2.24, 2.45) is 0 Å². The van der Waals surface area contributed by atoms with Gasteiger partial charge in [0.2, 0.25) is 5.69 Å². The van der Waals surface area contributed by atoms with E-state index in [-0.39, 0.29) is 37.8 Å². The predicted octanol–water partition coefficient (Wildman–Crippen LogP) is 4.34. The van der Waals surface area contributed by atoms with Crippen LogP contribution in [0.2, 0.25) is 5.02 Å². The van der Waals surface area contributed by atoms with E-state index in [0.717, 1.165) is 28.2 Å². The summed E-state index contributed by atoms with van der Waals surface area (Å²) < 4.78 is 47.1. The number of fused-ring (bicyclic) bond motifs is 1. The normalized spacial score (nSPS) is 11.5. The Morgan fingerprint density at radius 3 is 2.44 bits per heavy atom. The van der Waals surface area contributed by atoms with Gasteiger partial charge >= 0.3 is 17.7 Å². The fourth-order valence-electron chi connectivity index (χ4n) is 3.91. The minimum absolute atomic E-state index is 0.0331. The predicted molar refractivity (Wildman–Crippen MR) is 135 cm³/mol. The van der Waals surface area contributed by atoms with Gasteiger partial charge in [-0.2, -0.15) is 5.26 Å². The molecule has 0 aliphatic heterocycles. The third-order valence-corrected chi connectivity index (χ3v) is 6.90. The first-order valence-corrected chi connectivity index (χ1v) is 11.9. The number of pyridine rings is 1. The van der Waals surface area contributed by atoms with E-state index in [0.29, 0.717) is 16.1 Å². The number of anilines is 2. The number of ether oxygens (including phenoxy) is 1. The van der Waals surface area contributed by atoms with Gasteiger partial charge in [0, 0.05) is 28.1 Å². The number of hydrogen-bond donors (Lipinski definition) is 3. The number of aromatic nitrogens is 3. The van der Waals surface area contributed by atoms with Gasteiger partial charge in [-0.15, -0.1) is 24.5 Å². The quantitative estimate of drug-likeness (QED) is 0.206. The Bertz CT molecular complexity index is 1860. The van der Waals surface area contributed by atoms with E-state index in [2.05, 4.69) is 15.0 Å². The van der Waals surface area contributed by atoms with Crippen molar-refractivity contribution in [3.05, 3.63) is 80.1 Å². The van der Waals surface area contributed by atoms with Gasteiger partial charge in [0.25, 0.3) is 5.78 Å². The number of carbonyl (C=O) groups excluding carboxylic acids is 1. The van der Waals surface area contributed by atoms with Crippen LogP contribution in [0.25, 0.3) is 27.0 Å². The molecule has 0 spiro atoms. The second-order valence-electron chi connectivity index (χ2n) is 7.93. The van der Waals surface area contributed by atoms with Crippen molar-refractivity contribution in [2.45, 2.75) is 6.36 Å². The first-order chi connectivity index (χ1) is 18.5. The zero-order valence-corrected chi connectivity index (χ0v) is 20.7. The molecule has 5 rings (SSSR count). The van der Waals surface area contributed by atoms with Crippen molar-refractivity contribution in [1.82, 2.24) is 10.3 Å². The van der Waals surface area contributed by atoms with Gasteiger partial charge in [0.05, 0.1) is 5.69 Å². The number of carbonyl (C=O) groups is 1. The highest BCUT2D eigenvalue weighted by Gasteiger charge is 2.36. The van der Waals surface area contributed by atoms with Crippen LogP contribution in [0.3, 0.4) is 0 Å². The Morgan fingerprint density at radius 2 is 1.82 bits per heavy atom. The van der Waals surface area contributed by atoms with E-state index in [1.165, 1.54) is 12.1 Å². The zero-order valence-electron chi connectivity index (χ0n) is 19.2. The highest BCUT2D eigenvalue weighted by molar-refractivity contribution is 7.21. The number of rotatable bonds is 5. The maximum absolute atomic E-state index is 13.6. The topological polar surface area (TPSA) is 165 Å². The van der Waals surface area contributed by atoms with Crippen molar-refractivity contribution in [3.63, 3.8) is 0 Å². The molecule has 0 saturated heterocycles. The summed E-state index contributed by atoms with van der Waals surface area (Å²) in [5.41, 5.74) is 11.8. The van der Waals surface area contributed by atoms with Crippen LogP contribution in [0.4, 0.5) is 24.7 Å². The molecule has 0 radical (unpaired) electrons. The van der Waals surface area contributed by atoms with Gasteiger partial charge in [-0.25, -0.2) is 9.78 Å². The minimum Gasteiger partial charge on any atom is -0.406 e. The first-order valence-electron chi connectivity index (χ1n) is 10.7. The van der Waals surface area contributed by atoms with E-state index in [4.69, 9.17) is 27.6 Å². The number of nitrogens with zero attached hydrogens (tertiary/aromatic N) is 3. The molecule has 196 valence electrons. The minimum atomic E-state index is -4.90. The number of alkyl halides is 3. The molecule has 2 aromatic carbocycles. The lowest BCUT2D eigenvalue weighted by Crippen LogP contribution is -2.41. The third-order valence-electron chi connectivity index (χ3n) is 5.55. The van der Waals surface area contributed by atoms with Crippen LogP contribution >= 0.6 is 22.9 Å². The average Bonchev–Trinajstić information content (AvgIpc) is 3.42. The van der Waals surface area contributed by atoms with Crippen molar-refractivity contribution < 1.29 is 31.9 Å². The van der Waals surface area contributed by atoms with E-state index in [1.807, 2.05) is 6.07 Å². The molecule has 0 unspecified atom stereocenters. The third kappa shape index (κ3) is 4.65. The number of nitrogens with one attached hydrogen (secondary N) is 1. The molecule has 0 atom stereocenters. The van der Waals surface area contributed by atoms with Gasteiger partial charge in [0.15, 0.2) is 0 Å². The number of H-pyrrole nitrogens is 1. The molecule has 39 heavy (non-hydrogen) atoms. The molecule has 5 N–H and O–H groups in total. The number of hydrogen-bond acceptors (Lipinski definition) is 9. The number of thiophene rings is 1. The molecule has 0 saturated carbocycles. The highest BCUT2D eigenvalue weighted by Crippen LogP contribution is 2.43. The molecule has 0 bridgehead atoms. The molecule has 3 heterocycles. The Hall–Kier alpha value is -4.87. The Kier molecular flexibility index (Phi) is 6.25. The van der Waals surface area contributed by atoms with Crippen molar-refractivity contribution >= 4 is 50.4 Å². The van der Waals surface area contributed by atoms with Crippen LogP contribution in [-0.4, -0.2) is 22.4 Å². The number of benzene rings is 2. The molecule has 5 aromatic rings. The first kappa shape index (κ1) is 25.8. The van der Waals surface area contributed by atoms with E-state index < -0.39 is 29.2 Å². The largest absolute Gasteiger partial charge is 0.573 e. The molecular formula is C24H13ClF3N6O4S+. The lowest BCUT2D eigenvalue weighted by atomic mass is 9.97. The van der Waals surface area contributed by atoms with Crippen LogP contribution < -0.4 is 26.5 Å². The summed E-state index contributed by atoms with van der Waals surface area (Å²) in [4.78, 5) is 30.5. The number of nitriles is 1. The summed E-state index contributed by atoms with van der Waals surface area (Å²) >= 11 is 6.85. The molecule has 0 aliphatic carbocycles. The zero-order chi connectivity index (χ0) is 28.1. The molecule has 0 aliphatic rings. The maximum atomic E-state index is 13.6. The summed E-state index contributed by atoms with van der Waals surface area (Å²) in [6.07, 6.45) is -4.90. The van der Waals surface area contributed by atoms with Gasteiger partial charge in [-0.1, -0.05) is 23.7 Å². The highest BCUT2D eigenvalue weighted by atomic mass is 35.5. The van der Waals surface area contributed by atoms with Gasteiger partial charge in [-0.05, 0) is 39.8 Å². The van der Waals surface area contributed by atoms with E-state index in [1.54, 1.807) is 24.3 Å². The second kappa shape index (κ2) is 9.46. The Balaban J connectivity index is 1.65. The van der Waals surface area contributed by atoms with Crippen molar-refractivity contribution in [3.8, 4) is 28.6 Å². The van der Waals surface area contributed by atoms with Crippen LogP contribution in [0.5, 0.6) is 5.75 Å². The number of halogens is 4. The molecular weight excluding hydrogens is 561 g/mol. The van der Waals surface area contributed by atoms with Crippen LogP contribution in [0, 0.1) is 11.3 Å². The fourth-order valence-corrected chi connectivity index (χ4v) is 5.09. The lowest BCUT2D eigenvalue weighted by Gasteiger charge is -2.09. The molecule has 3 aromatic heterocycles. The van der Waals surface area contributed by atoms with Gasteiger partial charge in [-0.3, -0.25) is 9.32 Å². The van der Waals surface area contributed by atoms with E-state index >= 15 is 0 Å². The van der Waals surface area contributed by atoms with E-state index in [9.17, 15) is 28.0 Å². The van der Waals surface area contributed by atoms with Crippen molar-refractivity contribution in [2.75, 3.05) is 11.5 Å². The standard InChI is InChI=1S/C24H12ClF3N6O4S/c25-11-3-1-10(2-4-11)15-14(9-29)21(31)32-22-16(15)17(30)20(39-22)19(35)18-23(36)38-33-34(18)12-5-7-13(8-6-12)37-24(26,27)28/h1-8H,(H4-,30,31,32,33,35,36)/p+1. The molecule has 10 nitrogen and oxygen atoms in total. The lowest BCUT2D eigenvalue weighted by molar-refractivity contribution is -0.672. The summed E-state index contributed by atoms with van der Waals surface area (Å²) in [5, 5.41) is 12.8. The number of nitrogen functional groups attached to an aromatic ring is 2. The van der Waals surface area contributed by atoms with Crippen molar-refractivity contribution in [1.29, 1.82) is 5.26 Å². The number of nitrogens with two attached hydrogens (primary N) is 2. The smallest absolute Gasteiger partial charge is 0.406 e. The summed E-state index contributed by atoms with van der Waals surface area (Å²) in [7, 11) is 0. The number of ketones is 1. The van der Waals surface area contributed by atoms with Gasteiger partial charge < -0.3 is 16.2 Å². The summed E-state index contributed by atoms with van der Waals surface area (Å²) in [5.74, 6) is -1.46. The monoisotopic (exact) mass is 573 g/mol. The maximum Gasteiger partial charge on any atom is 0.573 e. The fraction of sp³-hybridized carbons (Fsp3) is 0.0417. The number of aromatic amines is 1. The summed E-state index contributed by atoms with van der Waals surface area (Å²) in [6.45, 7) is 0. The Labute approximate surface area is 224 Å². The summed E-state index contributed by atoms with van der Waals surface area (Å²) in [6, 6.07) is 12.9. The molecule has 15 heteroatoms. The SMILES string of the molecule is N#Cc1c(N)nc2sc(C(=O)c3c(=O)o[nH][n+]3-c3ccc(OC(F)(F)F)cc3)c(N)c2c1-c1ccc(Cl)cc1. The van der Waals surface area contributed by atoms with Gasteiger partial charge in [0.1, 0.15) is 32.9 Å². The van der Waals surface area contributed by atoms with Crippen LogP contribution in [0.15, 0.2) is 57.8 Å². The molecule has 0 fully saturated rings. The van der Waals surface area contributed by atoms with Crippen LogP contribution in [-0.2, 0) is 0 Å². The van der Waals surface area contributed by atoms with Crippen LogP contribution in [0.1, 0.15) is 20.9 Å². The molecule has 0 amide bonds. The average molecular weight is 574 g/mol. The second-order valence-corrected chi connectivity index (χ2v) is 9.36. The Morgan fingerprint density at radius 1 is 1.15 bits per heavy atom.